The van der Waals surface area contributed by atoms with Crippen LogP contribution in [-0.2, 0) is 6.42 Å². The van der Waals surface area contributed by atoms with E-state index in [1.807, 2.05) is 6.07 Å². The van der Waals surface area contributed by atoms with Crippen molar-refractivity contribution in [3.8, 4) is 0 Å². The van der Waals surface area contributed by atoms with Crippen LogP contribution in [0.1, 0.15) is 51.2 Å². The van der Waals surface area contributed by atoms with Crippen molar-refractivity contribution in [2.75, 3.05) is 0 Å². The van der Waals surface area contributed by atoms with Crippen molar-refractivity contribution in [1.82, 2.24) is 5.32 Å². The lowest BCUT2D eigenvalue weighted by molar-refractivity contribution is 0.198. The highest BCUT2D eigenvalue weighted by molar-refractivity contribution is 5.06. The van der Waals surface area contributed by atoms with Crippen LogP contribution in [0.15, 0.2) is 22.8 Å². The third kappa shape index (κ3) is 2.22. The van der Waals surface area contributed by atoms with Crippen LogP contribution in [0, 0.1) is 23.7 Å². The van der Waals surface area contributed by atoms with E-state index in [4.69, 9.17) is 4.42 Å². The lowest BCUT2D eigenvalue weighted by Gasteiger charge is -2.34. The summed E-state index contributed by atoms with van der Waals surface area (Å²) in [7, 11) is 0. The molecule has 3 fully saturated rings. The van der Waals surface area contributed by atoms with Gasteiger partial charge in [0.25, 0.3) is 0 Å². The minimum atomic E-state index is 0.615. The molecule has 6 unspecified atom stereocenters. The number of rotatable bonds is 5. The van der Waals surface area contributed by atoms with Crippen LogP contribution in [0.5, 0.6) is 0 Å². The lowest BCUT2D eigenvalue weighted by atomic mass is 9.79. The van der Waals surface area contributed by atoms with Gasteiger partial charge in [-0.1, -0.05) is 6.42 Å². The molecule has 1 aromatic heterocycles. The van der Waals surface area contributed by atoms with Crippen molar-refractivity contribution in [1.29, 1.82) is 0 Å². The van der Waals surface area contributed by atoms with E-state index in [1.165, 1.54) is 38.5 Å². The summed E-state index contributed by atoms with van der Waals surface area (Å²) < 4.78 is 5.43. The van der Waals surface area contributed by atoms with Gasteiger partial charge in [0.1, 0.15) is 5.76 Å². The van der Waals surface area contributed by atoms with Crippen LogP contribution in [-0.4, -0.2) is 12.1 Å². The fourth-order valence-corrected chi connectivity index (χ4v) is 5.52. The molecule has 0 aliphatic heterocycles. The molecule has 6 atom stereocenters. The first-order chi connectivity index (χ1) is 9.81. The maximum absolute atomic E-state index is 5.43. The van der Waals surface area contributed by atoms with E-state index in [2.05, 4.69) is 18.3 Å². The van der Waals surface area contributed by atoms with Gasteiger partial charge in [0.15, 0.2) is 0 Å². The van der Waals surface area contributed by atoms with E-state index in [0.717, 1.165) is 41.9 Å². The summed E-state index contributed by atoms with van der Waals surface area (Å²) in [6.07, 6.45) is 11.6. The van der Waals surface area contributed by atoms with E-state index in [1.54, 1.807) is 6.26 Å². The van der Waals surface area contributed by atoms with Crippen molar-refractivity contribution >= 4 is 0 Å². The molecular formula is C18H27NO. The van der Waals surface area contributed by atoms with Crippen LogP contribution in [0.2, 0.25) is 0 Å². The zero-order valence-corrected chi connectivity index (χ0v) is 12.6. The second-order valence-corrected chi connectivity index (χ2v) is 7.45. The molecule has 0 aromatic carbocycles. The fraction of sp³-hybridized carbons (Fsp3) is 0.778. The Labute approximate surface area is 122 Å². The molecule has 2 heteroatoms. The maximum atomic E-state index is 5.43. The van der Waals surface area contributed by atoms with E-state index >= 15 is 0 Å². The van der Waals surface area contributed by atoms with Crippen LogP contribution in [0.3, 0.4) is 0 Å². The number of nitrogens with one attached hydrogen (secondary N) is 1. The molecule has 0 saturated heterocycles. The Morgan fingerprint density at radius 1 is 1.25 bits per heavy atom. The molecule has 2 nitrogen and oxygen atoms in total. The number of aryl methyl sites for hydroxylation is 1. The molecule has 0 radical (unpaired) electrons. The number of furan rings is 1. The molecule has 1 heterocycles. The average molecular weight is 273 g/mol. The summed E-state index contributed by atoms with van der Waals surface area (Å²) >= 11 is 0. The van der Waals surface area contributed by atoms with E-state index in [9.17, 15) is 0 Å². The maximum Gasteiger partial charge on any atom is 0.103 e. The SMILES string of the molecule is CC(CCc1ccco1)NC1CC2CC1C1CCCC21. The number of hydrogen-bond acceptors (Lipinski definition) is 2. The second-order valence-electron chi connectivity index (χ2n) is 7.45. The van der Waals surface area contributed by atoms with Crippen LogP contribution >= 0.6 is 0 Å². The number of hydrogen-bond donors (Lipinski definition) is 1. The molecule has 1 N–H and O–H groups in total. The highest BCUT2D eigenvalue weighted by Crippen LogP contribution is 2.58. The first-order valence-electron chi connectivity index (χ1n) is 8.59. The lowest BCUT2D eigenvalue weighted by Crippen LogP contribution is -2.43. The van der Waals surface area contributed by atoms with Crippen LogP contribution < -0.4 is 5.32 Å². The zero-order chi connectivity index (χ0) is 13.5. The molecule has 4 rings (SSSR count). The van der Waals surface area contributed by atoms with E-state index in [-0.39, 0.29) is 0 Å². The molecule has 3 aliphatic carbocycles. The van der Waals surface area contributed by atoms with E-state index in [0.29, 0.717) is 6.04 Å². The van der Waals surface area contributed by atoms with E-state index < -0.39 is 0 Å². The third-order valence-corrected chi connectivity index (χ3v) is 6.33. The van der Waals surface area contributed by atoms with Crippen LogP contribution in [0.25, 0.3) is 0 Å². The summed E-state index contributed by atoms with van der Waals surface area (Å²) in [6.45, 7) is 2.35. The second kappa shape index (κ2) is 5.22. The van der Waals surface area contributed by atoms with Crippen molar-refractivity contribution in [3.05, 3.63) is 24.2 Å². The minimum absolute atomic E-state index is 0.615. The van der Waals surface area contributed by atoms with Crippen molar-refractivity contribution in [2.45, 2.75) is 64.0 Å². The van der Waals surface area contributed by atoms with Crippen molar-refractivity contribution in [3.63, 3.8) is 0 Å². The Hall–Kier alpha value is -0.760. The first kappa shape index (κ1) is 12.9. The van der Waals surface area contributed by atoms with Crippen molar-refractivity contribution in [2.24, 2.45) is 23.7 Å². The molecule has 0 amide bonds. The molecule has 0 spiro atoms. The zero-order valence-electron chi connectivity index (χ0n) is 12.6. The summed E-state index contributed by atoms with van der Waals surface area (Å²) in [5.41, 5.74) is 0. The van der Waals surface area contributed by atoms with Crippen molar-refractivity contribution < 1.29 is 4.42 Å². The Morgan fingerprint density at radius 2 is 2.15 bits per heavy atom. The minimum Gasteiger partial charge on any atom is -0.469 e. The number of fused-ring (bicyclic) bond motifs is 5. The van der Waals surface area contributed by atoms with Gasteiger partial charge in [-0.15, -0.1) is 0 Å². The predicted molar refractivity (Wildman–Crippen MR) is 80.5 cm³/mol. The largest absolute Gasteiger partial charge is 0.469 e. The Balaban J connectivity index is 1.29. The van der Waals surface area contributed by atoms with Gasteiger partial charge in [-0.05, 0) is 74.8 Å². The van der Waals surface area contributed by atoms with Gasteiger partial charge in [0.05, 0.1) is 6.26 Å². The normalized spacial score (nSPS) is 40.1. The van der Waals surface area contributed by atoms with Gasteiger partial charge in [-0.2, -0.15) is 0 Å². The van der Waals surface area contributed by atoms with Gasteiger partial charge >= 0.3 is 0 Å². The van der Waals surface area contributed by atoms with Gasteiger partial charge in [0, 0.05) is 18.5 Å². The highest BCUT2D eigenvalue weighted by Gasteiger charge is 2.53. The quantitative estimate of drug-likeness (QED) is 0.876. The molecule has 1 aromatic rings. The Kier molecular flexibility index (Phi) is 3.37. The Morgan fingerprint density at radius 3 is 3.00 bits per heavy atom. The summed E-state index contributed by atoms with van der Waals surface area (Å²) in [5.74, 6) is 5.36. The highest BCUT2D eigenvalue weighted by atomic mass is 16.3. The monoisotopic (exact) mass is 273 g/mol. The fourth-order valence-electron chi connectivity index (χ4n) is 5.52. The van der Waals surface area contributed by atoms with Gasteiger partial charge in [0.2, 0.25) is 0 Å². The first-order valence-corrected chi connectivity index (χ1v) is 8.59. The molecule has 20 heavy (non-hydrogen) atoms. The summed E-state index contributed by atoms with van der Waals surface area (Å²) in [5, 5.41) is 3.94. The van der Waals surface area contributed by atoms with Gasteiger partial charge in [-0.3, -0.25) is 0 Å². The standard InChI is InChI=1S/C18H27NO/c1-12(7-8-14-4-3-9-20-14)19-18-11-13-10-17(18)16-6-2-5-15(13)16/h3-4,9,12-13,15-19H,2,5-8,10-11H2,1H3. The molecule has 3 saturated carbocycles. The van der Waals surface area contributed by atoms with Crippen LogP contribution in [0.4, 0.5) is 0 Å². The summed E-state index contributed by atoms with van der Waals surface area (Å²) in [4.78, 5) is 0. The topological polar surface area (TPSA) is 25.2 Å². The van der Waals surface area contributed by atoms with Gasteiger partial charge < -0.3 is 9.73 Å². The molecular weight excluding hydrogens is 246 g/mol. The smallest absolute Gasteiger partial charge is 0.103 e. The third-order valence-electron chi connectivity index (χ3n) is 6.33. The molecule has 2 bridgehead atoms. The molecule has 110 valence electrons. The molecule has 3 aliphatic rings. The summed E-state index contributed by atoms with van der Waals surface area (Å²) in [6, 6.07) is 5.51. The Bertz CT molecular complexity index is 440. The van der Waals surface area contributed by atoms with Gasteiger partial charge in [-0.25, -0.2) is 0 Å². The average Bonchev–Trinajstić information content (AvgIpc) is 3.18. The predicted octanol–water partition coefficient (Wildman–Crippen LogP) is 4.02.